The van der Waals surface area contributed by atoms with E-state index in [1.54, 1.807) is 43.4 Å². The van der Waals surface area contributed by atoms with Gasteiger partial charge in [0.05, 0.1) is 35.5 Å². The van der Waals surface area contributed by atoms with Crippen molar-refractivity contribution in [2.24, 2.45) is 0 Å². The van der Waals surface area contributed by atoms with Crippen molar-refractivity contribution in [2.75, 3.05) is 66.6 Å². The van der Waals surface area contributed by atoms with E-state index in [1.165, 1.54) is 21.3 Å². The second-order valence-corrected chi connectivity index (χ2v) is 8.46. The molecule has 2 heterocycles. The molecule has 1 aliphatic heterocycles. The number of piperazine rings is 1. The van der Waals surface area contributed by atoms with Gasteiger partial charge in [-0.25, -0.2) is 0 Å². The van der Waals surface area contributed by atoms with Crippen LogP contribution in [0.5, 0.6) is 28.7 Å². The van der Waals surface area contributed by atoms with E-state index < -0.39 is 0 Å². The van der Waals surface area contributed by atoms with Crippen LogP contribution >= 0.6 is 0 Å². The van der Waals surface area contributed by atoms with Crippen LogP contribution in [-0.2, 0) is 0 Å². The molecule has 2 aromatic carbocycles. The third-order valence-electron chi connectivity index (χ3n) is 6.32. The minimum atomic E-state index is -0.162. The number of carbonyl (C=O) groups is 1. The van der Waals surface area contributed by atoms with Gasteiger partial charge in [-0.05, 0) is 35.9 Å². The summed E-state index contributed by atoms with van der Waals surface area (Å²) in [6.07, 6.45) is 3.50. The number of hydrogen-bond acceptors (Lipinski definition) is 10. The monoisotopic (exact) mass is 534 g/mol. The lowest BCUT2D eigenvalue weighted by Crippen LogP contribution is -2.48. The van der Waals surface area contributed by atoms with Gasteiger partial charge in [0.15, 0.2) is 23.0 Å². The molecule has 0 N–H and O–H groups in total. The van der Waals surface area contributed by atoms with Crippen molar-refractivity contribution in [3.05, 3.63) is 53.0 Å². The molecule has 0 aliphatic carbocycles. The molecule has 1 saturated heterocycles. The Labute approximate surface area is 226 Å². The van der Waals surface area contributed by atoms with E-state index in [4.69, 9.17) is 28.1 Å². The second kappa shape index (κ2) is 12.1. The minimum absolute atomic E-state index is 0.162. The summed E-state index contributed by atoms with van der Waals surface area (Å²) in [4.78, 5) is 21.2. The lowest BCUT2D eigenvalue weighted by Gasteiger charge is -2.34. The normalized spacial score (nSPS) is 13.2. The van der Waals surface area contributed by atoms with Crippen LogP contribution in [0.25, 0.3) is 12.2 Å². The number of rotatable bonds is 9. The third kappa shape index (κ3) is 5.70. The molecule has 0 saturated carbocycles. The van der Waals surface area contributed by atoms with Crippen LogP contribution in [0.15, 0.2) is 34.7 Å². The van der Waals surface area contributed by atoms with Gasteiger partial charge >= 0.3 is 0 Å². The lowest BCUT2D eigenvalue weighted by molar-refractivity contribution is 0.0744. The number of methoxy groups -OCH3 is 5. The number of carbonyl (C=O) groups excluding carboxylic acids is 1. The molecule has 1 aliphatic rings. The molecule has 1 aromatic heterocycles. The summed E-state index contributed by atoms with van der Waals surface area (Å²) in [7, 11) is 7.67. The molecule has 0 unspecified atom stereocenters. The summed E-state index contributed by atoms with van der Waals surface area (Å²) in [5, 5.41) is 9.65. The van der Waals surface area contributed by atoms with Gasteiger partial charge < -0.3 is 37.9 Å². The van der Waals surface area contributed by atoms with Gasteiger partial charge in [-0.3, -0.25) is 4.79 Å². The zero-order valence-electron chi connectivity index (χ0n) is 22.5. The lowest BCUT2D eigenvalue weighted by atomic mass is 10.1. The molecular formula is C28H30N4O7. The SMILES string of the molecule is COc1ccc(/C=C/c2nc(C#N)c(N3CCN(C(=O)c4cc(OC)c(OC)c(OC)c4)CC3)o2)cc1OC. The summed E-state index contributed by atoms with van der Waals surface area (Å²) in [6.45, 7) is 1.80. The fourth-order valence-corrected chi connectivity index (χ4v) is 4.31. The Balaban J connectivity index is 1.46. The number of ether oxygens (including phenoxy) is 5. The molecule has 11 heteroatoms. The van der Waals surface area contributed by atoms with E-state index in [-0.39, 0.29) is 11.6 Å². The van der Waals surface area contributed by atoms with Crippen molar-refractivity contribution >= 4 is 23.9 Å². The Bertz CT molecular complexity index is 1380. The Morgan fingerprint density at radius 1 is 0.872 bits per heavy atom. The number of nitrogens with zero attached hydrogens (tertiary/aromatic N) is 4. The van der Waals surface area contributed by atoms with Crippen molar-refractivity contribution in [2.45, 2.75) is 0 Å². The molecule has 1 fully saturated rings. The number of aromatic nitrogens is 1. The van der Waals surface area contributed by atoms with Crippen molar-refractivity contribution in [1.29, 1.82) is 5.26 Å². The first-order chi connectivity index (χ1) is 19.0. The van der Waals surface area contributed by atoms with Gasteiger partial charge in [0.25, 0.3) is 5.91 Å². The molecule has 39 heavy (non-hydrogen) atoms. The average molecular weight is 535 g/mol. The molecule has 3 aromatic rings. The van der Waals surface area contributed by atoms with Gasteiger partial charge in [0.1, 0.15) is 6.07 Å². The highest BCUT2D eigenvalue weighted by Gasteiger charge is 2.28. The fraction of sp³-hybridized carbons (Fsp3) is 0.321. The number of hydrogen-bond donors (Lipinski definition) is 0. The summed E-state index contributed by atoms with van der Waals surface area (Å²) in [6, 6.07) is 10.9. The van der Waals surface area contributed by atoms with Gasteiger partial charge in [-0.15, -0.1) is 0 Å². The molecule has 4 rings (SSSR count). The van der Waals surface area contributed by atoms with Crippen LogP contribution in [0.4, 0.5) is 5.88 Å². The van der Waals surface area contributed by atoms with Crippen LogP contribution in [0, 0.1) is 11.3 Å². The Hall–Kier alpha value is -4.85. The van der Waals surface area contributed by atoms with Crippen LogP contribution in [0.1, 0.15) is 27.5 Å². The Kier molecular flexibility index (Phi) is 8.46. The smallest absolute Gasteiger partial charge is 0.254 e. The zero-order chi connectivity index (χ0) is 27.9. The molecule has 11 nitrogen and oxygen atoms in total. The zero-order valence-corrected chi connectivity index (χ0v) is 22.5. The highest BCUT2D eigenvalue weighted by molar-refractivity contribution is 5.96. The van der Waals surface area contributed by atoms with E-state index in [0.717, 1.165) is 5.56 Å². The van der Waals surface area contributed by atoms with Crippen molar-refractivity contribution in [3.63, 3.8) is 0 Å². The van der Waals surface area contributed by atoms with Gasteiger partial charge in [-0.1, -0.05) is 6.07 Å². The quantitative estimate of drug-likeness (QED) is 0.402. The van der Waals surface area contributed by atoms with Crippen LogP contribution in [0.3, 0.4) is 0 Å². The summed E-state index contributed by atoms with van der Waals surface area (Å²) in [5.41, 5.74) is 1.47. The minimum Gasteiger partial charge on any atom is -0.493 e. The fourth-order valence-electron chi connectivity index (χ4n) is 4.31. The van der Waals surface area contributed by atoms with E-state index in [1.807, 2.05) is 23.1 Å². The van der Waals surface area contributed by atoms with E-state index in [2.05, 4.69) is 11.1 Å². The summed E-state index contributed by atoms with van der Waals surface area (Å²) in [5.74, 6) is 2.99. The molecule has 1 amide bonds. The van der Waals surface area contributed by atoms with Crippen LogP contribution in [0.2, 0.25) is 0 Å². The second-order valence-electron chi connectivity index (χ2n) is 8.46. The number of benzene rings is 2. The van der Waals surface area contributed by atoms with Crippen LogP contribution in [-0.4, -0.2) is 77.5 Å². The first-order valence-corrected chi connectivity index (χ1v) is 12.1. The van der Waals surface area contributed by atoms with E-state index in [0.29, 0.717) is 72.3 Å². The topological polar surface area (TPSA) is 120 Å². The third-order valence-corrected chi connectivity index (χ3v) is 6.32. The Morgan fingerprint density at radius 2 is 1.51 bits per heavy atom. The summed E-state index contributed by atoms with van der Waals surface area (Å²) >= 11 is 0. The van der Waals surface area contributed by atoms with Crippen molar-refractivity contribution in [3.8, 4) is 34.8 Å². The number of amides is 1. The van der Waals surface area contributed by atoms with Gasteiger partial charge in [-0.2, -0.15) is 10.2 Å². The predicted molar refractivity (Wildman–Crippen MR) is 144 cm³/mol. The first kappa shape index (κ1) is 27.2. The Morgan fingerprint density at radius 3 is 2.08 bits per heavy atom. The highest BCUT2D eigenvalue weighted by Crippen LogP contribution is 2.38. The number of oxazole rings is 1. The van der Waals surface area contributed by atoms with Crippen molar-refractivity contribution in [1.82, 2.24) is 9.88 Å². The molecule has 0 atom stereocenters. The maximum absolute atomic E-state index is 13.3. The maximum Gasteiger partial charge on any atom is 0.254 e. The van der Waals surface area contributed by atoms with Crippen LogP contribution < -0.4 is 28.6 Å². The molecular weight excluding hydrogens is 504 g/mol. The standard InChI is InChI=1S/C28H30N4O7/c1-34-21-8-6-18(14-22(21)35-2)7-9-25-30-20(17-29)28(39-25)32-12-10-31(11-13-32)27(33)19-15-23(36-3)26(38-5)24(16-19)37-4/h6-9,14-16H,10-13H2,1-5H3/b9-7+. The number of anilines is 1. The summed E-state index contributed by atoms with van der Waals surface area (Å²) < 4.78 is 32.7. The van der Waals surface area contributed by atoms with E-state index in [9.17, 15) is 10.1 Å². The van der Waals surface area contributed by atoms with E-state index >= 15 is 0 Å². The van der Waals surface area contributed by atoms with Gasteiger partial charge in [0.2, 0.25) is 23.2 Å². The molecule has 204 valence electrons. The molecule has 0 spiro atoms. The largest absolute Gasteiger partial charge is 0.493 e. The highest BCUT2D eigenvalue weighted by atomic mass is 16.5. The average Bonchev–Trinajstić information content (AvgIpc) is 3.42. The number of nitriles is 1. The van der Waals surface area contributed by atoms with Gasteiger partial charge in [0, 0.05) is 37.8 Å². The first-order valence-electron chi connectivity index (χ1n) is 12.1. The molecule has 0 bridgehead atoms. The predicted octanol–water partition coefficient (Wildman–Crippen LogP) is 3.72. The molecule has 0 radical (unpaired) electrons. The van der Waals surface area contributed by atoms with Crippen molar-refractivity contribution < 1.29 is 32.9 Å². The maximum atomic E-state index is 13.3.